The molecule has 0 saturated carbocycles. The molecule has 0 bridgehead atoms. The second-order valence-corrected chi connectivity index (χ2v) is 6.69. The second kappa shape index (κ2) is 8.11. The van der Waals surface area contributed by atoms with Crippen LogP contribution in [0.15, 0.2) is 48.5 Å². The van der Waals surface area contributed by atoms with Crippen LogP contribution in [0.5, 0.6) is 0 Å². The van der Waals surface area contributed by atoms with Crippen LogP contribution in [-0.2, 0) is 9.59 Å². The third-order valence-corrected chi connectivity index (χ3v) is 4.69. The summed E-state index contributed by atoms with van der Waals surface area (Å²) >= 11 is 0. The summed E-state index contributed by atoms with van der Waals surface area (Å²) in [6, 6.07) is 15.3. The van der Waals surface area contributed by atoms with Crippen molar-refractivity contribution in [2.24, 2.45) is 0 Å². The predicted octanol–water partition coefficient (Wildman–Crippen LogP) is 3.82. The van der Waals surface area contributed by atoms with Crippen molar-refractivity contribution in [2.45, 2.75) is 32.7 Å². The number of carbonyl (C=O) groups is 2. The molecule has 1 saturated heterocycles. The number of Topliss-reactive ketones (excluding diaryl/α,β-unsaturated/α-hetero) is 1. The van der Waals surface area contributed by atoms with Gasteiger partial charge in [-0.25, -0.2) is 0 Å². The zero-order valence-electron chi connectivity index (χ0n) is 15.2. The van der Waals surface area contributed by atoms with Gasteiger partial charge in [0.15, 0.2) is 5.78 Å². The molecule has 2 aromatic carbocycles. The van der Waals surface area contributed by atoms with Crippen molar-refractivity contribution in [1.82, 2.24) is 5.32 Å². The first-order chi connectivity index (χ1) is 12.5. The summed E-state index contributed by atoms with van der Waals surface area (Å²) in [4.78, 5) is 24.5. The summed E-state index contributed by atoms with van der Waals surface area (Å²) in [5, 5.41) is 6.15. The van der Waals surface area contributed by atoms with Gasteiger partial charge in [-0.1, -0.05) is 36.4 Å². The molecule has 0 radical (unpaired) electrons. The zero-order chi connectivity index (χ0) is 18.5. The van der Waals surface area contributed by atoms with Crippen LogP contribution in [0.25, 0.3) is 11.6 Å². The maximum atomic E-state index is 12.3. The van der Waals surface area contributed by atoms with Gasteiger partial charge in [0, 0.05) is 11.3 Å². The highest BCUT2D eigenvalue weighted by Crippen LogP contribution is 2.24. The van der Waals surface area contributed by atoms with E-state index in [0.717, 1.165) is 36.1 Å². The van der Waals surface area contributed by atoms with Gasteiger partial charge in [0.05, 0.1) is 6.04 Å². The van der Waals surface area contributed by atoms with E-state index >= 15 is 0 Å². The first-order valence-electron chi connectivity index (χ1n) is 8.97. The largest absolute Gasteiger partial charge is 0.325 e. The highest BCUT2D eigenvalue weighted by atomic mass is 16.2. The number of rotatable bonds is 5. The number of carbonyl (C=O) groups excluding carboxylic acids is 2. The Morgan fingerprint density at radius 3 is 2.65 bits per heavy atom. The molecular weight excluding hydrogens is 324 g/mol. The fourth-order valence-electron chi connectivity index (χ4n) is 3.19. The molecule has 0 unspecified atom stereocenters. The van der Waals surface area contributed by atoms with Gasteiger partial charge in [0.25, 0.3) is 0 Å². The lowest BCUT2D eigenvalue weighted by Gasteiger charge is -2.13. The maximum absolute atomic E-state index is 12.3. The molecule has 0 aromatic heterocycles. The molecule has 2 N–H and O–H groups in total. The van der Waals surface area contributed by atoms with Crippen molar-refractivity contribution < 1.29 is 9.59 Å². The van der Waals surface area contributed by atoms with Gasteiger partial charge in [-0.2, -0.15) is 0 Å². The van der Waals surface area contributed by atoms with Crippen molar-refractivity contribution in [3.63, 3.8) is 0 Å². The van der Waals surface area contributed by atoms with Crippen LogP contribution in [0.4, 0.5) is 5.69 Å². The van der Waals surface area contributed by atoms with E-state index in [1.165, 1.54) is 0 Å². The molecule has 0 spiro atoms. The van der Waals surface area contributed by atoms with Gasteiger partial charge in [-0.05, 0) is 68.1 Å². The molecule has 0 aliphatic carbocycles. The summed E-state index contributed by atoms with van der Waals surface area (Å²) in [5.41, 5.74) is 4.27. The van der Waals surface area contributed by atoms with Crippen LogP contribution >= 0.6 is 0 Å². The molecular formula is C22H24N2O2. The molecule has 26 heavy (non-hydrogen) atoms. The van der Waals surface area contributed by atoms with E-state index in [2.05, 4.69) is 10.6 Å². The summed E-state index contributed by atoms with van der Waals surface area (Å²) in [6.45, 7) is 4.47. The van der Waals surface area contributed by atoms with Crippen LogP contribution < -0.4 is 10.6 Å². The average molecular weight is 348 g/mol. The van der Waals surface area contributed by atoms with Crippen molar-refractivity contribution in [3.8, 4) is 0 Å². The molecule has 1 fully saturated rings. The number of hydrogen-bond acceptors (Lipinski definition) is 3. The van der Waals surface area contributed by atoms with E-state index in [1.54, 1.807) is 6.92 Å². The number of aryl methyl sites for hydroxylation is 1. The lowest BCUT2D eigenvalue weighted by Crippen LogP contribution is -2.35. The first kappa shape index (κ1) is 18.1. The van der Waals surface area contributed by atoms with E-state index in [9.17, 15) is 9.59 Å². The lowest BCUT2D eigenvalue weighted by molar-refractivity contribution is -0.117. The molecule has 1 aliphatic heterocycles. The number of nitrogens with one attached hydrogen (secondary N) is 2. The Hall–Kier alpha value is -2.72. The van der Waals surface area contributed by atoms with Crippen LogP contribution in [-0.4, -0.2) is 24.3 Å². The molecule has 4 heteroatoms. The van der Waals surface area contributed by atoms with Gasteiger partial charge in [0.2, 0.25) is 5.91 Å². The van der Waals surface area contributed by atoms with Crippen molar-refractivity contribution in [3.05, 3.63) is 65.2 Å². The molecule has 1 aliphatic rings. The fourth-order valence-corrected chi connectivity index (χ4v) is 3.19. The van der Waals surface area contributed by atoms with Crippen molar-refractivity contribution in [1.29, 1.82) is 0 Å². The number of amides is 1. The zero-order valence-corrected chi connectivity index (χ0v) is 15.2. The average Bonchev–Trinajstić information content (AvgIpc) is 3.16. The molecule has 3 rings (SSSR count). The molecule has 134 valence electrons. The Labute approximate surface area is 154 Å². The van der Waals surface area contributed by atoms with Crippen LogP contribution in [0, 0.1) is 6.92 Å². The van der Waals surface area contributed by atoms with Gasteiger partial charge in [-0.15, -0.1) is 0 Å². The summed E-state index contributed by atoms with van der Waals surface area (Å²) in [6.07, 6.45) is 3.79. The molecule has 4 nitrogen and oxygen atoms in total. The van der Waals surface area contributed by atoms with Crippen molar-refractivity contribution >= 4 is 29.0 Å². The summed E-state index contributed by atoms with van der Waals surface area (Å²) in [5.74, 6) is -0.0268. The highest BCUT2D eigenvalue weighted by molar-refractivity contribution is 6.24. The lowest BCUT2D eigenvalue weighted by atomic mass is 9.97. The molecule has 2 aromatic rings. The SMILES string of the molecule is CC(=O)/C(=C\c1ccccc1C)c1cccc(NC(=O)[C@@H]2CCCN2)c1. The Morgan fingerprint density at radius 1 is 1.15 bits per heavy atom. The van der Waals surface area contributed by atoms with Gasteiger partial charge in [-0.3, -0.25) is 9.59 Å². The quantitative estimate of drug-likeness (QED) is 0.638. The second-order valence-electron chi connectivity index (χ2n) is 6.69. The highest BCUT2D eigenvalue weighted by Gasteiger charge is 2.22. The fraction of sp³-hybridized carbons (Fsp3) is 0.273. The van der Waals surface area contributed by atoms with E-state index in [-0.39, 0.29) is 17.7 Å². The molecule has 1 heterocycles. The predicted molar refractivity (Wildman–Crippen MR) is 106 cm³/mol. The Bertz CT molecular complexity index is 849. The summed E-state index contributed by atoms with van der Waals surface area (Å²) < 4.78 is 0. The third kappa shape index (κ3) is 4.27. The van der Waals surface area contributed by atoms with Crippen LogP contribution in [0.2, 0.25) is 0 Å². The number of ketones is 1. The van der Waals surface area contributed by atoms with E-state index in [0.29, 0.717) is 11.3 Å². The Morgan fingerprint density at radius 2 is 1.96 bits per heavy atom. The number of anilines is 1. The van der Waals surface area contributed by atoms with E-state index < -0.39 is 0 Å². The van der Waals surface area contributed by atoms with Crippen LogP contribution in [0.3, 0.4) is 0 Å². The number of benzene rings is 2. The standard InChI is InChI=1S/C22H24N2O2/c1-15-7-3-4-8-17(15)14-20(16(2)25)18-9-5-10-19(13-18)24-22(26)21-11-6-12-23-21/h3-5,7-10,13-14,21,23H,6,11-12H2,1-2H3,(H,24,26)/b20-14+/t21-/m0/s1. The minimum Gasteiger partial charge on any atom is -0.325 e. The number of hydrogen-bond donors (Lipinski definition) is 2. The first-order valence-corrected chi connectivity index (χ1v) is 8.97. The van der Waals surface area contributed by atoms with Gasteiger partial charge in [0.1, 0.15) is 0 Å². The minimum absolute atomic E-state index is 0.00538. The van der Waals surface area contributed by atoms with Gasteiger partial charge < -0.3 is 10.6 Å². The van der Waals surface area contributed by atoms with Crippen molar-refractivity contribution in [2.75, 3.05) is 11.9 Å². The topological polar surface area (TPSA) is 58.2 Å². The maximum Gasteiger partial charge on any atom is 0.241 e. The van der Waals surface area contributed by atoms with E-state index in [4.69, 9.17) is 0 Å². The minimum atomic E-state index is -0.131. The molecule has 1 atom stereocenters. The van der Waals surface area contributed by atoms with E-state index in [1.807, 2.05) is 61.5 Å². The van der Waals surface area contributed by atoms with Crippen LogP contribution in [0.1, 0.15) is 36.5 Å². The smallest absolute Gasteiger partial charge is 0.241 e. The number of allylic oxidation sites excluding steroid dienone is 1. The third-order valence-electron chi connectivity index (χ3n) is 4.69. The summed E-state index contributed by atoms with van der Waals surface area (Å²) in [7, 11) is 0. The molecule has 1 amide bonds. The Balaban J connectivity index is 1.87. The monoisotopic (exact) mass is 348 g/mol. The Kier molecular flexibility index (Phi) is 5.64. The van der Waals surface area contributed by atoms with Gasteiger partial charge >= 0.3 is 0 Å². The normalized spacial score (nSPS) is 17.2.